The maximum absolute atomic E-state index is 11.5. The van der Waals surface area contributed by atoms with Gasteiger partial charge in [-0.25, -0.2) is 0 Å². The summed E-state index contributed by atoms with van der Waals surface area (Å²) in [5.41, 5.74) is 0. The molecule has 0 aliphatic carbocycles. The fraction of sp³-hybridized carbons (Fsp3) is 0.364. The van der Waals surface area contributed by atoms with Crippen molar-refractivity contribution >= 4 is 18.5 Å². The molecule has 1 aromatic rings. The Hall–Kier alpha value is -1.36. The van der Waals surface area contributed by atoms with E-state index in [-0.39, 0.29) is 11.7 Å². The first kappa shape index (κ1) is 12.7. The van der Waals surface area contributed by atoms with Gasteiger partial charge in [0.25, 0.3) is 5.91 Å². The molecule has 1 unspecified atom stereocenters. The first-order chi connectivity index (χ1) is 7.63. The van der Waals surface area contributed by atoms with Gasteiger partial charge in [-0.05, 0) is 31.2 Å². The van der Waals surface area contributed by atoms with Crippen LogP contribution >= 0.6 is 12.6 Å². The molecule has 1 rings (SSSR count). The summed E-state index contributed by atoms with van der Waals surface area (Å²) in [5, 5.41) is 11.7. The molecule has 0 aromatic heterocycles. The fourth-order valence-electron chi connectivity index (χ4n) is 1.11. The lowest BCUT2D eigenvalue weighted by molar-refractivity contribution is -0.127. The number of rotatable bonds is 5. The van der Waals surface area contributed by atoms with E-state index in [1.807, 2.05) is 0 Å². The molecule has 1 amide bonds. The van der Waals surface area contributed by atoms with Crippen molar-refractivity contribution < 1.29 is 14.6 Å². The molecule has 4 nitrogen and oxygen atoms in total. The van der Waals surface area contributed by atoms with Gasteiger partial charge >= 0.3 is 0 Å². The van der Waals surface area contributed by atoms with E-state index in [0.717, 1.165) is 0 Å². The summed E-state index contributed by atoms with van der Waals surface area (Å²) < 4.78 is 5.38. The highest BCUT2D eigenvalue weighted by atomic mass is 32.1. The Morgan fingerprint density at radius 2 is 2.12 bits per heavy atom. The smallest absolute Gasteiger partial charge is 0.260 e. The molecule has 0 radical (unpaired) electrons. The highest BCUT2D eigenvalue weighted by Gasteiger charge is 2.13. The van der Waals surface area contributed by atoms with E-state index in [2.05, 4.69) is 17.9 Å². The lowest BCUT2D eigenvalue weighted by atomic mass is 10.3. The number of hydrogen-bond acceptors (Lipinski definition) is 4. The number of carbonyl (C=O) groups excluding carboxylic acids is 1. The molecule has 0 spiro atoms. The van der Waals surface area contributed by atoms with Gasteiger partial charge in [-0.1, -0.05) is 0 Å². The summed E-state index contributed by atoms with van der Waals surface area (Å²) in [6.07, 6.45) is -0.565. The second kappa shape index (κ2) is 6.27. The largest absolute Gasteiger partial charge is 0.508 e. The Balaban J connectivity index is 2.47. The van der Waals surface area contributed by atoms with E-state index in [1.165, 1.54) is 12.1 Å². The van der Waals surface area contributed by atoms with Crippen LogP contribution in [0.2, 0.25) is 0 Å². The molecular weight excluding hydrogens is 226 g/mol. The van der Waals surface area contributed by atoms with E-state index < -0.39 is 6.10 Å². The summed E-state index contributed by atoms with van der Waals surface area (Å²) in [4.78, 5) is 11.5. The van der Waals surface area contributed by atoms with Crippen LogP contribution in [-0.2, 0) is 4.79 Å². The zero-order valence-corrected chi connectivity index (χ0v) is 9.91. The highest BCUT2D eigenvalue weighted by Crippen LogP contribution is 2.17. The topological polar surface area (TPSA) is 58.6 Å². The number of thiol groups is 1. The monoisotopic (exact) mass is 241 g/mol. The normalized spacial score (nSPS) is 11.9. The lowest BCUT2D eigenvalue weighted by Gasteiger charge is -2.14. The molecule has 88 valence electrons. The third kappa shape index (κ3) is 4.02. The molecule has 0 heterocycles. The van der Waals surface area contributed by atoms with Gasteiger partial charge in [0.1, 0.15) is 11.5 Å². The number of nitrogens with one attached hydrogen (secondary N) is 1. The van der Waals surface area contributed by atoms with Gasteiger partial charge in [0.05, 0.1) is 0 Å². The third-order valence-electron chi connectivity index (χ3n) is 1.93. The van der Waals surface area contributed by atoms with Gasteiger partial charge in [0.15, 0.2) is 6.10 Å². The van der Waals surface area contributed by atoms with Gasteiger partial charge in [0.2, 0.25) is 0 Å². The summed E-state index contributed by atoms with van der Waals surface area (Å²) >= 11 is 3.99. The molecule has 0 aliphatic heterocycles. The quantitative estimate of drug-likeness (QED) is 0.679. The Morgan fingerprint density at radius 1 is 1.50 bits per heavy atom. The molecule has 16 heavy (non-hydrogen) atoms. The van der Waals surface area contributed by atoms with E-state index in [1.54, 1.807) is 19.1 Å². The van der Waals surface area contributed by atoms with E-state index in [9.17, 15) is 4.79 Å². The van der Waals surface area contributed by atoms with Crippen molar-refractivity contribution in [3.05, 3.63) is 24.3 Å². The second-order valence-corrected chi connectivity index (χ2v) is 3.72. The minimum atomic E-state index is -0.565. The highest BCUT2D eigenvalue weighted by molar-refractivity contribution is 7.80. The van der Waals surface area contributed by atoms with Crippen LogP contribution in [0, 0.1) is 0 Å². The van der Waals surface area contributed by atoms with Gasteiger partial charge in [-0.15, -0.1) is 0 Å². The molecule has 2 N–H and O–H groups in total. The molecule has 0 saturated heterocycles. The number of carbonyl (C=O) groups is 1. The number of phenols is 1. The van der Waals surface area contributed by atoms with Gasteiger partial charge in [0, 0.05) is 12.3 Å². The van der Waals surface area contributed by atoms with Gasteiger partial charge in [-0.3, -0.25) is 4.79 Å². The van der Waals surface area contributed by atoms with Crippen molar-refractivity contribution in [2.75, 3.05) is 12.3 Å². The first-order valence-electron chi connectivity index (χ1n) is 4.97. The Labute approximate surface area is 100 Å². The maximum atomic E-state index is 11.5. The van der Waals surface area contributed by atoms with E-state index >= 15 is 0 Å². The fourth-order valence-corrected chi connectivity index (χ4v) is 1.22. The zero-order valence-electron chi connectivity index (χ0n) is 9.01. The molecule has 0 saturated carbocycles. The zero-order chi connectivity index (χ0) is 12.0. The first-order valence-corrected chi connectivity index (χ1v) is 5.61. The standard InChI is InChI=1S/C11H15NO3S/c1-8(11(14)12-6-7-16)15-10-4-2-9(13)3-5-10/h2-5,8,13,16H,6-7H2,1H3,(H,12,14). The minimum Gasteiger partial charge on any atom is -0.508 e. The summed E-state index contributed by atoms with van der Waals surface area (Å²) in [5.74, 6) is 1.13. The Bertz CT molecular complexity index is 340. The molecule has 0 fully saturated rings. The van der Waals surface area contributed by atoms with E-state index in [4.69, 9.17) is 9.84 Å². The summed E-state index contributed by atoms with van der Waals surface area (Å²) in [6.45, 7) is 2.19. The van der Waals surface area contributed by atoms with Crippen molar-refractivity contribution in [1.29, 1.82) is 0 Å². The maximum Gasteiger partial charge on any atom is 0.260 e. The number of ether oxygens (including phenoxy) is 1. The number of hydrogen-bond donors (Lipinski definition) is 3. The van der Waals surface area contributed by atoms with Crippen LogP contribution in [0.4, 0.5) is 0 Å². The predicted octanol–water partition coefficient (Wildman–Crippen LogP) is 1.21. The molecule has 1 aromatic carbocycles. The number of aromatic hydroxyl groups is 1. The predicted molar refractivity (Wildman–Crippen MR) is 65.1 cm³/mol. The molecule has 1 atom stereocenters. The van der Waals surface area contributed by atoms with Crippen LogP contribution in [0.1, 0.15) is 6.92 Å². The van der Waals surface area contributed by atoms with Crippen molar-refractivity contribution in [2.24, 2.45) is 0 Å². The molecule has 0 aliphatic rings. The molecular formula is C11H15NO3S. The Kier molecular flexibility index (Phi) is 4.98. The van der Waals surface area contributed by atoms with Gasteiger partial charge < -0.3 is 15.2 Å². The summed E-state index contributed by atoms with van der Waals surface area (Å²) in [7, 11) is 0. The number of benzene rings is 1. The van der Waals surface area contributed by atoms with Gasteiger partial charge in [-0.2, -0.15) is 12.6 Å². The van der Waals surface area contributed by atoms with E-state index in [0.29, 0.717) is 18.0 Å². The van der Waals surface area contributed by atoms with Crippen LogP contribution in [0.5, 0.6) is 11.5 Å². The molecule has 5 heteroatoms. The van der Waals surface area contributed by atoms with Crippen molar-refractivity contribution in [2.45, 2.75) is 13.0 Å². The summed E-state index contributed by atoms with van der Waals surface area (Å²) in [6, 6.07) is 6.23. The second-order valence-electron chi connectivity index (χ2n) is 3.27. The lowest BCUT2D eigenvalue weighted by Crippen LogP contribution is -2.37. The van der Waals surface area contributed by atoms with Crippen LogP contribution in [0.25, 0.3) is 0 Å². The SMILES string of the molecule is CC(Oc1ccc(O)cc1)C(=O)NCCS. The average Bonchev–Trinajstić information content (AvgIpc) is 2.29. The Morgan fingerprint density at radius 3 is 2.69 bits per heavy atom. The number of phenolic OH excluding ortho intramolecular Hbond substituents is 1. The average molecular weight is 241 g/mol. The van der Waals surface area contributed by atoms with Crippen molar-refractivity contribution in [3.8, 4) is 11.5 Å². The third-order valence-corrected chi connectivity index (χ3v) is 2.15. The van der Waals surface area contributed by atoms with Crippen LogP contribution in [-0.4, -0.2) is 29.4 Å². The van der Waals surface area contributed by atoms with Crippen LogP contribution in [0.3, 0.4) is 0 Å². The minimum absolute atomic E-state index is 0.166. The molecule has 0 bridgehead atoms. The van der Waals surface area contributed by atoms with Crippen LogP contribution in [0.15, 0.2) is 24.3 Å². The van der Waals surface area contributed by atoms with Crippen molar-refractivity contribution in [3.63, 3.8) is 0 Å². The van der Waals surface area contributed by atoms with Crippen LogP contribution < -0.4 is 10.1 Å². The number of amides is 1. The van der Waals surface area contributed by atoms with Crippen molar-refractivity contribution in [1.82, 2.24) is 5.32 Å².